The fraction of sp³-hybridized carbons (Fsp3) is 0.357. The Kier molecular flexibility index (Phi) is 4.88. The lowest BCUT2D eigenvalue weighted by molar-refractivity contribution is 0.627. The van der Waals surface area contributed by atoms with Crippen molar-refractivity contribution in [1.82, 2.24) is 4.57 Å². The van der Waals surface area contributed by atoms with E-state index in [1.54, 1.807) is 10.6 Å². The quantitative estimate of drug-likeness (QED) is 0.778. The van der Waals surface area contributed by atoms with Crippen LogP contribution in [0.15, 0.2) is 28.8 Å². The summed E-state index contributed by atoms with van der Waals surface area (Å²) < 4.78 is 15.0. The fourth-order valence-electron chi connectivity index (χ4n) is 1.65. The van der Waals surface area contributed by atoms with Crippen LogP contribution in [0.25, 0.3) is 12.7 Å². The molecule has 0 saturated heterocycles. The zero-order chi connectivity index (χ0) is 12.8. The highest BCUT2D eigenvalue weighted by Gasteiger charge is 1.98. The molecule has 0 saturated carbocycles. The molecule has 0 unspecified atom stereocenters. The van der Waals surface area contributed by atoms with Crippen LogP contribution in [0, 0.1) is 0 Å². The summed E-state index contributed by atoms with van der Waals surface area (Å²) in [6.45, 7) is 8.25. The van der Waals surface area contributed by atoms with Gasteiger partial charge in [-0.15, -0.1) is 0 Å². The van der Waals surface area contributed by atoms with Crippen LogP contribution in [0.3, 0.4) is 0 Å². The van der Waals surface area contributed by atoms with E-state index in [9.17, 15) is 9.18 Å². The topological polar surface area (TPSA) is 22.0 Å². The first-order valence-electron chi connectivity index (χ1n) is 5.86. The van der Waals surface area contributed by atoms with E-state index in [1.807, 2.05) is 13.8 Å². The fourth-order valence-corrected chi connectivity index (χ4v) is 1.65. The van der Waals surface area contributed by atoms with Crippen LogP contribution in [0.5, 0.6) is 0 Å². The van der Waals surface area contributed by atoms with Crippen molar-refractivity contribution < 1.29 is 4.39 Å². The smallest absolute Gasteiger partial charge is 0.251 e. The first kappa shape index (κ1) is 13.4. The van der Waals surface area contributed by atoms with E-state index in [4.69, 9.17) is 0 Å². The van der Waals surface area contributed by atoms with Crippen LogP contribution in [0.1, 0.15) is 26.7 Å². The summed E-state index contributed by atoms with van der Waals surface area (Å²) in [7, 11) is 0. The standard InChI is InChI=1S/C14H18FNO/c1-4-6-12(15)10-13-11(3)7-8-14(17)16(13)9-5-2/h6-8,10H,3-5,9H2,1-2H3/b12-6+,13-10+. The monoisotopic (exact) mass is 235 g/mol. The zero-order valence-electron chi connectivity index (χ0n) is 10.4. The van der Waals surface area contributed by atoms with Gasteiger partial charge in [0.05, 0.1) is 5.35 Å². The average Bonchev–Trinajstić information content (AvgIpc) is 2.29. The number of hydrogen-bond acceptors (Lipinski definition) is 1. The highest BCUT2D eigenvalue weighted by molar-refractivity contribution is 5.40. The minimum atomic E-state index is -0.326. The molecule has 1 heterocycles. The minimum absolute atomic E-state index is 0.116. The van der Waals surface area contributed by atoms with Gasteiger partial charge in [-0.2, -0.15) is 0 Å². The van der Waals surface area contributed by atoms with Gasteiger partial charge in [-0.3, -0.25) is 4.79 Å². The van der Waals surface area contributed by atoms with Gasteiger partial charge >= 0.3 is 0 Å². The number of rotatable bonds is 4. The molecule has 1 rings (SSSR count). The Labute approximate surface area is 100 Å². The first-order chi connectivity index (χ1) is 8.10. The van der Waals surface area contributed by atoms with Crippen molar-refractivity contribution in [2.45, 2.75) is 33.2 Å². The Balaban J connectivity index is 3.50. The summed E-state index contributed by atoms with van der Waals surface area (Å²) in [5.41, 5.74) is -0.116. The van der Waals surface area contributed by atoms with Crippen molar-refractivity contribution in [3.8, 4) is 0 Å². The van der Waals surface area contributed by atoms with Crippen molar-refractivity contribution in [3.05, 3.63) is 45.0 Å². The molecule has 0 aliphatic rings. The molecule has 2 nitrogen and oxygen atoms in total. The lowest BCUT2D eigenvalue weighted by atomic mass is 10.3. The summed E-state index contributed by atoms with van der Waals surface area (Å²) in [5.74, 6) is -0.326. The molecule has 17 heavy (non-hydrogen) atoms. The summed E-state index contributed by atoms with van der Waals surface area (Å²) in [6.07, 6.45) is 4.30. The van der Waals surface area contributed by atoms with Crippen LogP contribution >= 0.6 is 0 Å². The van der Waals surface area contributed by atoms with E-state index < -0.39 is 0 Å². The molecule has 0 aliphatic heterocycles. The Hall–Kier alpha value is -1.64. The molecule has 3 heteroatoms. The predicted molar refractivity (Wildman–Crippen MR) is 69.7 cm³/mol. The van der Waals surface area contributed by atoms with Gasteiger partial charge in [0.15, 0.2) is 0 Å². The largest absolute Gasteiger partial charge is 0.308 e. The van der Waals surface area contributed by atoms with Crippen molar-refractivity contribution in [2.24, 2.45) is 0 Å². The molecule has 0 aromatic carbocycles. The summed E-state index contributed by atoms with van der Waals surface area (Å²) >= 11 is 0. The normalized spacial score (nSPS) is 13.1. The van der Waals surface area contributed by atoms with Crippen molar-refractivity contribution in [2.75, 3.05) is 0 Å². The molecule has 0 spiro atoms. The van der Waals surface area contributed by atoms with Gasteiger partial charge in [0.2, 0.25) is 0 Å². The van der Waals surface area contributed by atoms with E-state index in [0.717, 1.165) is 6.42 Å². The van der Waals surface area contributed by atoms with Crippen molar-refractivity contribution >= 4 is 12.7 Å². The molecule has 92 valence electrons. The Morgan fingerprint density at radius 2 is 2.18 bits per heavy atom. The SMILES string of the molecule is C=c1ccc(=O)n(CCC)/c1=C/C(F)=C\CC. The second-order valence-corrected chi connectivity index (χ2v) is 3.88. The van der Waals surface area contributed by atoms with Crippen LogP contribution < -0.4 is 16.1 Å². The van der Waals surface area contributed by atoms with Gasteiger partial charge < -0.3 is 4.57 Å². The molecular weight excluding hydrogens is 217 g/mol. The van der Waals surface area contributed by atoms with E-state index in [1.165, 1.54) is 18.2 Å². The molecule has 0 fully saturated rings. The van der Waals surface area contributed by atoms with Crippen LogP contribution in [-0.2, 0) is 6.54 Å². The molecule has 1 aromatic heterocycles. The Morgan fingerprint density at radius 1 is 1.47 bits per heavy atom. The maximum atomic E-state index is 13.5. The van der Waals surface area contributed by atoms with Crippen molar-refractivity contribution in [3.63, 3.8) is 0 Å². The zero-order valence-corrected chi connectivity index (χ0v) is 10.4. The summed E-state index contributed by atoms with van der Waals surface area (Å²) in [6, 6.07) is 3.09. The lowest BCUT2D eigenvalue weighted by Gasteiger charge is -2.05. The van der Waals surface area contributed by atoms with E-state index >= 15 is 0 Å². The third-order valence-corrected chi connectivity index (χ3v) is 2.43. The average molecular weight is 235 g/mol. The Morgan fingerprint density at radius 3 is 2.76 bits per heavy atom. The van der Waals surface area contributed by atoms with Crippen LogP contribution in [0.4, 0.5) is 4.39 Å². The summed E-state index contributed by atoms with van der Waals surface area (Å²) in [5, 5.41) is 1.22. The molecule has 0 bridgehead atoms. The van der Waals surface area contributed by atoms with Crippen LogP contribution in [-0.4, -0.2) is 4.57 Å². The van der Waals surface area contributed by atoms with Crippen molar-refractivity contribution in [1.29, 1.82) is 0 Å². The first-order valence-corrected chi connectivity index (χ1v) is 5.86. The number of aromatic nitrogens is 1. The predicted octanol–water partition coefficient (Wildman–Crippen LogP) is 1.71. The Bertz CT molecular complexity index is 569. The highest BCUT2D eigenvalue weighted by atomic mass is 19.1. The van der Waals surface area contributed by atoms with Gasteiger partial charge in [0, 0.05) is 12.6 Å². The van der Waals surface area contributed by atoms with E-state index in [2.05, 4.69) is 6.58 Å². The number of allylic oxidation sites excluding steroid dienone is 2. The minimum Gasteiger partial charge on any atom is -0.308 e. The van der Waals surface area contributed by atoms with Gasteiger partial charge in [-0.25, -0.2) is 4.39 Å². The second kappa shape index (κ2) is 6.18. The van der Waals surface area contributed by atoms with Crippen LogP contribution in [0.2, 0.25) is 0 Å². The number of pyridine rings is 1. The van der Waals surface area contributed by atoms with Gasteiger partial charge in [-0.1, -0.05) is 20.4 Å². The van der Waals surface area contributed by atoms with E-state index in [0.29, 0.717) is 23.5 Å². The molecule has 0 radical (unpaired) electrons. The molecule has 1 aromatic rings. The third-order valence-electron chi connectivity index (χ3n) is 2.43. The third kappa shape index (κ3) is 3.41. The maximum absolute atomic E-state index is 13.5. The van der Waals surface area contributed by atoms with Gasteiger partial charge in [0.25, 0.3) is 5.56 Å². The molecule has 0 aliphatic carbocycles. The lowest BCUT2D eigenvalue weighted by Crippen LogP contribution is -2.42. The molecular formula is C14H18FNO. The number of hydrogen-bond donors (Lipinski definition) is 0. The second-order valence-electron chi connectivity index (χ2n) is 3.88. The summed E-state index contributed by atoms with van der Waals surface area (Å²) in [4.78, 5) is 11.7. The highest BCUT2D eigenvalue weighted by Crippen LogP contribution is 1.98. The molecule has 0 atom stereocenters. The van der Waals surface area contributed by atoms with E-state index in [-0.39, 0.29) is 11.4 Å². The number of halogens is 1. The van der Waals surface area contributed by atoms with Gasteiger partial charge in [0.1, 0.15) is 5.83 Å². The molecule has 0 amide bonds. The molecule has 0 N–H and O–H groups in total. The maximum Gasteiger partial charge on any atom is 0.251 e. The van der Waals surface area contributed by atoms with Gasteiger partial charge in [-0.05, 0) is 36.3 Å². The number of nitrogens with zero attached hydrogens (tertiary/aromatic N) is 1.